The number of halogens is 2. The lowest BCUT2D eigenvalue weighted by Gasteiger charge is -2.49. The number of hydrogen-bond acceptors (Lipinski definition) is 9. The van der Waals surface area contributed by atoms with E-state index in [4.69, 9.17) is 37.8 Å². The number of methoxy groups -OCH3 is 1. The van der Waals surface area contributed by atoms with Crippen LogP contribution < -0.4 is 19.7 Å². The van der Waals surface area contributed by atoms with Gasteiger partial charge in [0, 0.05) is 60.8 Å². The van der Waals surface area contributed by atoms with E-state index in [9.17, 15) is 5.26 Å². The molecule has 202 valence electrons. The first-order valence-electron chi connectivity index (χ1n) is 12.3. The number of aliphatic hydroxyl groups excluding tert-OH is 1. The Labute approximate surface area is 235 Å². The van der Waals surface area contributed by atoms with Gasteiger partial charge in [0.15, 0.2) is 11.5 Å². The zero-order valence-corrected chi connectivity index (χ0v) is 23.1. The van der Waals surface area contributed by atoms with Crippen molar-refractivity contribution in [3.05, 3.63) is 58.0 Å². The third kappa shape index (κ3) is 5.06. The number of nitrogens with zero attached hydrogens (tertiary/aromatic N) is 5. The Morgan fingerprint density at radius 1 is 1.26 bits per heavy atom. The molecular weight excluding hydrogens is 541 g/mol. The van der Waals surface area contributed by atoms with Crippen molar-refractivity contribution in [1.29, 1.82) is 5.26 Å². The van der Waals surface area contributed by atoms with Crippen LogP contribution in [0.15, 0.2) is 36.8 Å². The molecule has 10 nitrogen and oxygen atoms in total. The van der Waals surface area contributed by atoms with Gasteiger partial charge in [-0.05, 0) is 26.0 Å². The Hall–Kier alpha value is -3.62. The SMILES string of the molecule is COc1cc2[nH]nc(-c3ccnc(N4CC(C)(NCCO)C4)c3C#N)c2cc1O[C@H](C)c1c(Cl)cncc1Cl. The fraction of sp³-hybridized carbons (Fsp3) is 0.333. The van der Waals surface area contributed by atoms with Crippen molar-refractivity contribution >= 4 is 39.9 Å². The van der Waals surface area contributed by atoms with E-state index in [1.165, 1.54) is 12.4 Å². The molecule has 1 atom stereocenters. The second-order valence-corrected chi connectivity index (χ2v) is 10.4. The van der Waals surface area contributed by atoms with Crippen molar-refractivity contribution in [1.82, 2.24) is 25.5 Å². The minimum Gasteiger partial charge on any atom is -0.493 e. The summed E-state index contributed by atoms with van der Waals surface area (Å²) in [6, 6.07) is 7.74. The topological polar surface area (TPSA) is 132 Å². The Bertz CT molecular complexity index is 1540. The third-order valence-electron chi connectivity index (χ3n) is 6.79. The van der Waals surface area contributed by atoms with E-state index >= 15 is 0 Å². The van der Waals surface area contributed by atoms with Crippen LogP contribution in [-0.2, 0) is 0 Å². The largest absolute Gasteiger partial charge is 0.493 e. The number of rotatable bonds is 9. The highest BCUT2D eigenvalue weighted by Gasteiger charge is 2.40. The molecule has 1 aliphatic heterocycles. The molecule has 4 aromatic rings. The zero-order valence-electron chi connectivity index (χ0n) is 21.6. The maximum Gasteiger partial charge on any atom is 0.162 e. The summed E-state index contributed by atoms with van der Waals surface area (Å²) in [6.45, 7) is 5.81. The van der Waals surface area contributed by atoms with Crippen LogP contribution >= 0.6 is 23.2 Å². The Morgan fingerprint density at radius 2 is 2.00 bits per heavy atom. The van der Waals surface area contributed by atoms with Crippen molar-refractivity contribution in [2.24, 2.45) is 0 Å². The summed E-state index contributed by atoms with van der Waals surface area (Å²) in [4.78, 5) is 10.6. The molecule has 1 saturated heterocycles. The number of nitrogens with one attached hydrogen (secondary N) is 2. The fourth-order valence-electron chi connectivity index (χ4n) is 4.95. The normalized spacial score (nSPS) is 15.1. The van der Waals surface area contributed by atoms with Crippen LogP contribution in [0.5, 0.6) is 11.5 Å². The standard InChI is InChI=1S/C27H27Cl2N7O3/c1-15(24-19(28)11-31-12-20(24)29)39-23-8-17-21(9-22(23)38-3)34-35-25(17)16-4-5-32-26(18(16)10-30)36-13-27(2,14-36)33-6-7-37/h4-5,8-9,11-12,15,33,37H,6-7,13-14H2,1-3H3,(H,34,35)/t15-/m1/s1. The van der Waals surface area contributed by atoms with Gasteiger partial charge in [-0.1, -0.05) is 23.2 Å². The molecule has 1 fully saturated rings. The molecule has 4 heterocycles. The molecule has 1 aliphatic rings. The van der Waals surface area contributed by atoms with E-state index in [0.717, 1.165) is 5.39 Å². The van der Waals surface area contributed by atoms with Crippen molar-refractivity contribution < 1.29 is 14.6 Å². The molecule has 12 heteroatoms. The molecule has 0 spiro atoms. The molecule has 0 unspecified atom stereocenters. The van der Waals surface area contributed by atoms with Crippen LogP contribution in [0.1, 0.15) is 31.1 Å². The first-order valence-corrected chi connectivity index (χ1v) is 13.1. The van der Waals surface area contributed by atoms with Gasteiger partial charge in [-0.3, -0.25) is 10.1 Å². The Morgan fingerprint density at radius 3 is 2.67 bits per heavy atom. The number of β-amino-alcohol motifs (C(OH)–C–C–N with tert-alkyl or cyclic N) is 1. The summed E-state index contributed by atoms with van der Waals surface area (Å²) in [5.74, 6) is 1.55. The Kier molecular flexibility index (Phi) is 7.51. The minimum atomic E-state index is -0.503. The van der Waals surface area contributed by atoms with Crippen LogP contribution in [0.3, 0.4) is 0 Å². The van der Waals surface area contributed by atoms with Gasteiger partial charge < -0.3 is 24.8 Å². The lowest BCUT2D eigenvalue weighted by molar-refractivity contribution is 0.216. The van der Waals surface area contributed by atoms with Gasteiger partial charge in [-0.15, -0.1) is 0 Å². The molecule has 0 bridgehead atoms. The van der Waals surface area contributed by atoms with E-state index in [1.54, 1.807) is 25.4 Å². The van der Waals surface area contributed by atoms with E-state index in [1.807, 2.05) is 17.9 Å². The molecule has 3 N–H and O–H groups in total. The number of aliphatic hydroxyl groups is 1. The highest BCUT2D eigenvalue weighted by atomic mass is 35.5. The van der Waals surface area contributed by atoms with Crippen LogP contribution in [0.4, 0.5) is 5.82 Å². The number of ether oxygens (including phenoxy) is 2. The van der Waals surface area contributed by atoms with Crippen molar-refractivity contribution in [2.45, 2.75) is 25.5 Å². The highest BCUT2D eigenvalue weighted by molar-refractivity contribution is 6.35. The van der Waals surface area contributed by atoms with E-state index in [2.05, 4.69) is 38.5 Å². The second kappa shape index (κ2) is 10.9. The van der Waals surface area contributed by atoms with E-state index in [0.29, 0.717) is 74.9 Å². The lowest BCUT2D eigenvalue weighted by atomic mass is 9.91. The van der Waals surface area contributed by atoms with Crippen LogP contribution in [-0.4, -0.2) is 64.2 Å². The van der Waals surface area contributed by atoms with Crippen molar-refractivity contribution in [3.8, 4) is 28.8 Å². The second-order valence-electron chi connectivity index (χ2n) is 9.63. The maximum atomic E-state index is 10.2. The van der Waals surface area contributed by atoms with Gasteiger partial charge in [0.25, 0.3) is 0 Å². The van der Waals surface area contributed by atoms with Crippen molar-refractivity contribution in [2.75, 3.05) is 38.3 Å². The summed E-state index contributed by atoms with van der Waals surface area (Å²) in [7, 11) is 1.56. The molecule has 0 radical (unpaired) electrons. The highest BCUT2D eigenvalue weighted by Crippen LogP contribution is 2.41. The van der Waals surface area contributed by atoms with Crippen LogP contribution in [0.25, 0.3) is 22.2 Å². The van der Waals surface area contributed by atoms with Gasteiger partial charge in [0.1, 0.15) is 29.2 Å². The molecule has 0 amide bonds. The zero-order chi connectivity index (χ0) is 27.7. The van der Waals surface area contributed by atoms with E-state index in [-0.39, 0.29) is 12.1 Å². The average Bonchev–Trinajstić information content (AvgIpc) is 3.31. The monoisotopic (exact) mass is 567 g/mol. The molecule has 39 heavy (non-hydrogen) atoms. The maximum absolute atomic E-state index is 10.2. The minimum absolute atomic E-state index is 0.0664. The summed E-state index contributed by atoms with van der Waals surface area (Å²) >= 11 is 12.7. The van der Waals surface area contributed by atoms with Crippen LogP contribution in [0, 0.1) is 11.3 Å². The number of benzene rings is 1. The summed E-state index contributed by atoms with van der Waals surface area (Å²) in [5.41, 5.74) is 2.84. The predicted octanol–water partition coefficient (Wildman–Crippen LogP) is 4.51. The molecular formula is C27H27Cl2N7O3. The number of aromatic nitrogens is 4. The summed E-state index contributed by atoms with van der Waals surface area (Å²) in [6.07, 6.45) is 4.22. The smallest absolute Gasteiger partial charge is 0.162 e. The van der Waals surface area contributed by atoms with Crippen molar-refractivity contribution in [3.63, 3.8) is 0 Å². The van der Waals surface area contributed by atoms with Gasteiger partial charge in [-0.2, -0.15) is 10.4 Å². The quantitative estimate of drug-likeness (QED) is 0.267. The fourth-order valence-corrected chi connectivity index (χ4v) is 5.63. The molecule has 3 aromatic heterocycles. The number of anilines is 1. The number of H-pyrrole nitrogens is 1. The lowest BCUT2D eigenvalue weighted by Crippen LogP contribution is -2.68. The molecule has 0 saturated carbocycles. The van der Waals surface area contributed by atoms with E-state index < -0.39 is 6.10 Å². The predicted molar refractivity (Wildman–Crippen MR) is 150 cm³/mol. The number of pyridine rings is 2. The van der Waals surface area contributed by atoms with Gasteiger partial charge in [-0.25, -0.2) is 4.98 Å². The molecule has 5 rings (SSSR count). The average molecular weight is 568 g/mol. The number of fused-ring (bicyclic) bond motifs is 1. The van der Waals surface area contributed by atoms with Gasteiger partial charge >= 0.3 is 0 Å². The first-order chi connectivity index (χ1) is 18.8. The number of aromatic amines is 1. The summed E-state index contributed by atoms with van der Waals surface area (Å²) < 4.78 is 11.9. The number of hydrogen-bond donors (Lipinski definition) is 3. The third-order valence-corrected chi connectivity index (χ3v) is 7.39. The Balaban J connectivity index is 1.51. The van der Waals surface area contributed by atoms with Gasteiger partial charge in [0.2, 0.25) is 0 Å². The summed E-state index contributed by atoms with van der Waals surface area (Å²) in [5, 5.41) is 31.8. The van der Waals surface area contributed by atoms with Crippen LogP contribution in [0.2, 0.25) is 10.0 Å². The number of nitriles is 1. The molecule has 1 aromatic carbocycles. The molecule has 0 aliphatic carbocycles. The first kappa shape index (κ1) is 27.0. The van der Waals surface area contributed by atoms with Gasteiger partial charge in [0.05, 0.1) is 34.8 Å².